The molecule has 0 saturated heterocycles. The van der Waals surface area contributed by atoms with Crippen LogP contribution < -0.4 is 0 Å². The van der Waals surface area contributed by atoms with E-state index in [1.54, 1.807) is 0 Å². The molecular weight excluding hydrogens is 360 g/mol. The first-order chi connectivity index (χ1) is 10.4. The van der Waals surface area contributed by atoms with Crippen molar-refractivity contribution in [1.82, 2.24) is 0 Å². The summed E-state index contributed by atoms with van der Waals surface area (Å²) in [6.45, 7) is 1.56. The Morgan fingerprint density at radius 2 is 1.17 bits per heavy atom. The molecule has 0 spiro atoms. The Kier molecular flexibility index (Phi) is 8.82. The van der Waals surface area contributed by atoms with Gasteiger partial charge in [-0.15, -0.1) is 56.8 Å². The monoisotopic (exact) mass is 371 g/mol. The molecule has 0 atom stereocenters. The molecule has 2 aliphatic heterocycles. The van der Waals surface area contributed by atoms with Crippen LogP contribution in [-0.4, -0.2) is 33.7 Å². The second-order valence-corrected chi connectivity index (χ2v) is 3.90. The topological polar surface area (TPSA) is 155 Å². The standard InChI is InChI=1S/C12H10N2.Cu.2HNO3/c1-3-9-5-6-10-4-2-8-14-12(10)11(9)13-7-1;;2*2-1(3)4/h1-6H,7-8H2;;2*(H,2,3,4)/q-2;+2;;. The molecule has 10 nitrogen and oxygen atoms in total. The van der Waals surface area contributed by atoms with E-state index in [4.69, 9.17) is 30.6 Å². The molecule has 1 radical (unpaired) electrons. The van der Waals surface area contributed by atoms with Crippen LogP contribution in [0, 0.1) is 20.2 Å². The van der Waals surface area contributed by atoms with Crippen molar-refractivity contribution in [2.24, 2.45) is 0 Å². The molecule has 1 aromatic rings. The summed E-state index contributed by atoms with van der Waals surface area (Å²) in [7, 11) is 0. The van der Waals surface area contributed by atoms with Gasteiger partial charge in [0.25, 0.3) is 10.2 Å². The second-order valence-electron chi connectivity index (χ2n) is 3.90. The molecule has 0 saturated carbocycles. The minimum Gasteiger partial charge on any atom is -0.682 e. The smallest absolute Gasteiger partial charge is 0.682 e. The van der Waals surface area contributed by atoms with Crippen molar-refractivity contribution in [1.29, 1.82) is 0 Å². The molecule has 3 rings (SSSR count). The molecule has 23 heavy (non-hydrogen) atoms. The summed E-state index contributed by atoms with van der Waals surface area (Å²) in [5, 5.41) is 36.3. The second kappa shape index (κ2) is 10.0. The molecule has 11 heteroatoms. The molecule has 127 valence electrons. The summed E-state index contributed by atoms with van der Waals surface area (Å²) >= 11 is 0. The van der Waals surface area contributed by atoms with Crippen LogP contribution >= 0.6 is 0 Å². The van der Waals surface area contributed by atoms with E-state index in [0.717, 1.165) is 24.5 Å². The molecule has 2 N–H and O–H groups in total. The molecule has 0 aromatic heterocycles. The summed E-state index contributed by atoms with van der Waals surface area (Å²) in [5.41, 5.74) is 4.51. The van der Waals surface area contributed by atoms with Crippen molar-refractivity contribution in [2.75, 3.05) is 13.1 Å². The van der Waals surface area contributed by atoms with E-state index in [-0.39, 0.29) is 17.1 Å². The van der Waals surface area contributed by atoms with Gasteiger partial charge in [-0.2, -0.15) is 0 Å². The summed E-state index contributed by atoms with van der Waals surface area (Å²) in [6.07, 6.45) is 8.40. The van der Waals surface area contributed by atoms with E-state index >= 15 is 0 Å². The molecule has 0 aliphatic carbocycles. The van der Waals surface area contributed by atoms with Gasteiger partial charge in [0.15, 0.2) is 0 Å². The zero-order valence-electron chi connectivity index (χ0n) is 11.5. The third-order valence-corrected chi connectivity index (χ3v) is 2.52. The van der Waals surface area contributed by atoms with Crippen LogP contribution in [0.4, 0.5) is 11.4 Å². The van der Waals surface area contributed by atoms with E-state index in [2.05, 4.69) is 47.1 Å². The average Bonchev–Trinajstić information content (AvgIpc) is 2.46. The van der Waals surface area contributed by atoms with Crippen LogP contribution in [0.5, 0.6) is 0 Å². The number of nitrogens with zero attached hydrogens (tertiary/aromatic N) is 4. The third-order valence-electron chi connectivity index (χ3n) is 2.52. The molecule has 0 bridgehead atoms. The van der Waals surface area contributed by atoms with E-state index in [9.17, 15) is 0 Å². The van der Waals surface area contributed by atoms with Crippen LogP contribution in [0.25, 0.3) is 22.8 Å². The number of hydrogen-bond acceptors (Lipinski definition) is 4. The van der Waals surface area contributed by atoms with E-state index in [1.165, 1.54) is 11.1 Å². The molecule has 0 fully saturated rings. The van der Waals surface area contributed by atoms with Crippen LogP contribution in [0.2, 0.25) is 0 Å². The Morgan fingerprint density at radius 1 is 0.870 bits per heavy atom. The van der Waals surface area contributed by atoms with Crippen molar-refractivity contribution in [3.8, 4) is 0 Å². The van der Waals surface area contributed by atoms with Crippen LogP contribution in [0.15, 0.2) is 24.3 Å². The first kappa shape index (κ1) is 20.2. The van der Waals surface area contributed by atoms with Gasteiger partial charge in [0.1, 0.15) is 0 Å². The van der Waals surface area contributed by atoms with Crippen LogP contribution in [0.3, 0.4) is 0 Å². The normalized spacial score (nSPS) is 12.2. The molecule has 2 heterocycles. The summed E-state index contributed by atoms with van der Waals surface area (Å²) in [5.74, 6) is 0. The van der Waals surface area contributed by atoms with Crippen molar-refractivity contribution < 1.29 is 37.7 Å². The Hall–Kier alpha value is -2.78. The fraction of sp³-hybridized carbons (Fsp3) is 0.167. The first-order valence-electron chi connectivity index (χ1n) is 5.93. The SMILES string of the molecule is C1=Cc2ccc3c(c2[N-]C1)[N-]CC=C3.O=[N+]([O-])O.O=[N+]([O-])O.[Cu+2]. The van der Waals surface area contributed by atoms with E-state index < -0.39 is 10.2 Å². The summed E-state index contributed by atoms with van der Waals surface area (Å²) in [6, 6.07) is 4.22. The average molecular weight is 372 g/mol. The number of fused-ring (bicyclic) bond motifs is 3. The first-order valence-corrected chi connectivity index (χ1v) is 5.93. The van der Waals surface area contributed by atoms with Gasteiger partial charge in [-0.25, -0.2) is 0 Å². The molecule has 0 amide bonds. The molecule has 1 aromatic carbocycles. The zero-order chi connectivity index (χ0) is 16.5. The third kappa shape index (κ3) is 7.16. The Bertz CT molecular complexity index is 559. The Labute approximate surface area is 141 Å². The van der Waals surface area contributed by atoms with Crippen LogP contribution in [-0.2, 0) is 17.1 Å². The summed E-state index contributed by atoms with van der Waals surface area (Å²) in [4.78, 5) is 16.7. The fourth-order valence-electron chi connectivity index (χ4n) is 1.86. The number of rotatable bonds is 0. The maximum atomic E-state index is 8.36. The predicted molar refractivity (Wildman–Crippen MR) is 77.8 cm³/mol. The Morgan fingerprint density at radius 3 is 1.48 bits per heavy atom. The van der Waals surface area contributed by atoms with Crippen molar-refractivity contribution in [3.05, 3.63) is 66.3 Å². The van der Waals surface area contributed by atoms with Gasteiger partial charge in [-0.3, -0.25) is 0 Å². The quantitative estimate of drug-likeness (QED) is 0.405. The zero-order valence-corrected chi connectivity index (χ0v) is 12.4. The largest absolute Gasteiger partial charge is 2.00 e. The minimum atomic E-state index is -1.50. The van der Waals surface area contributed by atoms with Gasteiger partial charge in [-0.05, 0) is 11.1 Å². The van der Waals surface area contributed by atoms with E-state index in [1.807, 2.05) is 0 Å². The van der Waals surface area contributed by atoms with E-state index in [0.29, 0.717) is 0 Å². The molecule has 0 unspecified atom stereocenters. The van der Waals surface area contributed by atoms with Gasteiger partial charge in [0.05, 0.1) is 0 Å². The van der Waals surface area contributed by atoms with Gasteiger partial charge in [0.2, 0.25) is 0 Å². The Balaban J connectivity index is 0.000000461. The predicted octanol–water partition coefficient (Wildman–Crippen LogP) is 3.05. The molecule has 2 aliphatic rings. The maximum Gasteiger partial charge on any atom is 2.00 e. The minimum absolute atomic E-state index is 0. The van der Waals surface area contributed by atoms with Gasteiger partial charge in [-0.1, -0.05) is 24.3 Å². The van der Waals surface area contributed by atoms with Crippen LogP contribution in [0.1, 0.15) is 11.1 Å². The van der Waals surface area contributed by atoms with Gasteiger partial charge < -0.3 is 21.0 Å². The number of benzene rings is 1. The van der Waals surface area contributed by atoms with Crippen molar-refractivity contribution >= 4 is 23.5 Å². The van der Waals surface area contributed by atoms with Crippen molar-refractivity contribution in [3.63, 3.8) is 0 Å². The van der Waals surface area contributed by atoms with Gasteiger partial charge in [0, 0.05) is 0 Å². The maximum absolute atomic E-state index is 8.36. The fourth-order valence-corrected chi connectivity index (χ4v) is 1.86. The van der Waals surface area contributed by atoms with Gasteiger partial charge >= 0.3 is 17.1 Å². The number of hydrogen-bond donors (Lipinski definition) is 2. The summed E-state index contributed by atoms with van der Waals surface area (Å²) < 4.78 is 0. The van der Waals surface area contributed by atoms with Crippen molar-refractivity contribution in [2.45, 2.75) is 0 Å². The molecular formula is C12H12CuN4O6.